The molecule has 0 saturated heterocycles. The van der Waals surface area contributed by atoms with Gasteiger partial charge in [0.2, 0.25) is 10.0 Å². The number of sulfonamides is 1. The highest BCUT2D eigenvalue weighted by atomic mass is 32.2. The van der Waals surface area contributed by atoms with Crippen molar-refractivity contribution in [2.45, 2.75) is 50.5 Å². The van der Waals surface area contributed by atoms with E-state index in [9.17, 15) is 18.0 Å². The van der Waals surface area contributed by atoms with Gasteiger partial charge in [-0.1, -0.05) is 6.07 Å². The zero-order chi connectivity index (χ0) is 26.7. The van der Waals surface area contributed by atoms with Gasteiger partial charge in [0.15, 0.2) is 0 Å². The Morgan fingerprint density at radius 3 is 2.38 bits per heavy atom. The van der Waals surface area contributed by atoms with Crippen molar-refractivity contribution in [2.75, 3.05) is 24.8 Å². The lowest BCUT2D eigenvalue weighted by Crippen LogP contribution is -2.33. The Kier molecular flexibility index (Phi) is 8.01. The number of fused-ring (bicyclic) bond motifs is 1. The molecule has 37 heavy (non-hydrogen) atoms. The number of methoxy groups -OCH3 is 1. The van der Waals surface area contributed by atoms with Gasteiger partial charge in [0.05, 0.1) is 17.6 Å². The molecule has 0 aliphatic heterocycles. The molecule has 4 rings (SSSR count). The number of nitrogens with one attached hydrogen (secondary N) is 2. The van der Waals surface area contributed by atoms with E-state index < -0.39 is 15.9 Å². The molecule has 1 aliphatic carbocycles. The van der Waals surface area contributed by atoms with Gasteiger partial charge in [-0.2, -0.15) is 4.31 Å². The van der Waals surface area contributed by atoms with Crippen molar-refractivity contribution in [1.82, 2.24) is 4.31 Å². The second-order valence-electron chi connectivity index (χ2n) is 9.19. The maximum absolute atomic E-state index is 13.4. The van der Waals surface area contributed by atoms with Crippen molar-refractivity contribution < 1.29 is 22.7 Å². The van der Waals surface area contributed by atoms with Crippen LogP contribution in [-0.2, 0) is 22.9 Å². The summed E-state index contributed by atoms with van der Waals surface area (Å²) >= 11 is 1.41. The highest BCUT2D eigenvalue weighted by Gasteiger charge is 2.28. The summed E-state index contributed by atoms with van der Waals surface area (Å²) in [5.74, 6) is -0.0844. The van der Waals surface area contributed by atoms with Crippen LogP contribution < -0.4 is 15.4 Å². The number of thiophene rings is 1. The van der Waals surface area contributed by atoms with Crippen molar-refractivity contribution in [3.8, 4) is 5.75 Å². The summed E-state index contributed by atoms with van der Waals surface area (Å²) in [6.45, 7) is 3.57. The van der Waals surface area contributed by atoms with Crippen LogP contribution in [0.15, 0.2) is 53.4 Å². The Hall–Kier alpha value is -3.21. The van der Waals surface area contributed by atoms with Crippen LogP contribution in [0.2, 0.25) is 0 Å². The van der Waals surface area contributed by atoms with E-state index in [0.717, 1.165) is 36.1 Å². The van der Waals surface area contributed by atoms with Gasteiger partial charge in [-0.3, -0.25) is 9.59 Å². The van der Waals surface area contributed by atoms with E-state index in [2.05, 4.69) is 10.6 Å². The summed E-state index contributed by atoms with van der Waals surface area (Å²) in [5.41, 5.74) is 2.25. The van der Waals surface area contributed by atoms with Crippen molar-refractivity contribution in [3.63, 3.8) is 0 Å². The van der Waals surface area contributed by atoms with Gasteiger partial charge in [-0.05, 0) is 87.6 Å². The van der Waals surface area contributed by atoms with E-state index in [4.69, 9.17) is 4.74 Å². The minimum Gasteiger partial charge on any atom is -0.497 e. The van der Waals surface area contributed by atoms with Gasteiger partial charge < -0.3 is 15.4 Å². The molecule has 10 heteroatoms. The molecule has 0 unspecified atom stereocenters. The number of amides is 2. The number of carbonyl (C=O) groups excluding carboxylic acids is 2. The maximum atomic E-state index is 13.4. The smallest absolute Gasteiger partial charge is 0.258 e. The summed E-state index contributed by atoms with van der Waals surface area (Å²) in [6.07, 6.45) is 3.63. The molecule has 0 fully saturated rings. The summed E-state index contributed by atoms with van der Waals surface area (Å²) in [4.78, 5) is 27.8. The first kappa shape index (κ1) is 26.8. The van der Waals surface area contributed by atoms with Crippen LogP contribution in [0.5, 0.6) is 5.75 Å². The van der Waals surface area contributed by atoms with Crippen LogP contribution in [0, 0.1) is 0 Å². The lowest BCUT2D eigenvalue weighted by Gasteiger charge is -2.21. The van der Waals surface area contributed by atoms with E-state index in [-0.39, 0.29) is 22.4 Å². The van der Waals surface area contributed by atoms with E-state index in [0.29, 0.717) is 22.0 Å². The second-order valence-corrected chi connectivity index (χ2v) is 12.3. The SMILES string of the molecule is COc1ccc(NC(=O)c2c(NC(=O)c3cccc(S(=O)(=O)N(C)C(C)C)c3)sc3c2CCCC3)cc1. The molecule has 0 saturated carbocycles. The van der Waals surface area contributed by atoms with E-state index >= 15 is 0 Å². The predicted octanol–water partition coefficient (Wildman–Crippen LogP) is 5.17. The van der Waals surface area contributed by atoms with Crippen molar-refractivity contribution in [2.24, 2.45) is 0 Å². The Morgan fingerprint density at radius 2 is 1.70 bits per heavy atom. The molecule has 1 aliphatic rings. The largest absolute Gasteiger partial charge is 0.497 e. The lowest BCUT2D eigenvalue weighted by atomic mass is 9.95. The third kappa shape index (κ3) is 5.71. The lowest BCUT2D eigenvalue weighted by molar-refractivity contribution is 0.102. The molecule has 8 nitrogen and oxygen atoms in total. The number of hydrogen-bond acceptors (Lipinski definition) is 6. The van der Waals surface area contributed by atoms with Crippen LogP contribution in [0.4, 0.5) is 10.7 Å². The summed E-state index contributed by atoms with van der Waals surface area (Å²) in [6, 6.07) is 12.8. The van der Waals surface area contributed by atoms with Gasteiger partial charge in [0.1, 0.15) is 10.8 Å². The molecule has 3 aromatic rings. The number of nitrogens with zero attached hydrogens (tertiary/aromatic N) is 1. The first-order chi connectivity index (χ1) is 17.6. The number of hydrogen-bond donors (Lipinski definition) is 2. The molecule has 2 N–H and O–H groups in total. The minimum atomic E-state index is -3.75. The van der Waals surface area contributed by atoms with E-state index in [1.165, 1.54) is 34.8 Å². The fraction of sp³-hybridized carbons (Fsp3) is 0.333. The zero-order valence-electron chi connectivity index (χ0n) is 21.3. The molecule has 0 atom stereocenters. The molecule has 1 aromatic heterocycles. The number of ether oxygens (including phenoxy) is 1. The van der Waals surface area contributed by atoms with E-state index in [1.807, 2.05) is 0 Å². The first-order valence-electron chi connectivity index (χ1n) is 12.1. The van der Waals surface area contributed by atoms with Crippen LogP contribution in [0.1, 0.15) is 57.8 Å². The summed E-state index contributed by atoms with van der Waals surface area (Å²) in [5, 5.41) is 6.29. The fourth-order valence-electron chi connectivity index (χ4n) is 4.18. The molecule has 196 valence electrons. The summed E-state index contributed by atoms with van der Waals surface area (Å²) < 4.78 is 32.3. The number of carbonyl (C=O) groups is 2. The second kappa shape index (κ2) is 11.0. The van der Waals surface area contributed by atoms with E-state index in [1.54, 1.807) is 57.4 Å². The van der Waals surface area contributed by atoms with Crippen LogP contribution in [0.25, 0.3) is 0 Å². The Balaban J connectivity index is 1.62. The maximum Gasteiger partial charge on any atom is 0.258 e. The average molecular weight is 542 g/mol. The van der Waals surface area contributed by atoms with Crippen molar-refractivity contribution in [1.29, 1.82) is 0 Å². The third-order valence-corrected chi connectivity index (χ3v) is 9.71. The van der Waals surface area contributed by atoms with Gasteiger partial charge in [-0.15, -0.1) is 11.3 Å². The van der Waals surface area contributed by atoms with Crippen molar-refractivity contribution in [3.05, 3.63) is 70.1 Å². The minimum absolute atomic E-state index is 0.0410. The third-order valence-electron chi connectivity index (χ3n) is 6.47. The quantitative estimate of drug-likeness (QED) is 0.409. The Bertz CT molecular complexity index is 1410. The van der Waals surface area contributed by atoms with Crippen LogP contribution in [0.3, 0.4) is 0 Å². The molecule has 2 amide bonds. The first-order valence-corrected chi connectivity index (χ1v) is 14.4. The molecule has 2 aromatic carbocycles. The molecular formula is C27H31N3O5S2. The number of rotatable bonds is 8. The number of anilines is 2. The van der Waals surface area contributed by atoms with Crippen molar-refractivity contribution >= 4 is 43.9 Å². The highest BCUT2D eigenvalue weighted by Crippen LogP contribution is 2.39. The van der Waals surface area contributed by atoms with Crippen LogP contribution in [-0.4, -0.2) is 44.7 Å². The number of aryl methyl sites for hydroxylation is 1. The fourth-order valence-corrected chi connectivity index (χ4v) is 6.87. The Labute approximate surface area is 221 Å². The highest BCUT2D eigenvalue weighted by molar-refractivity contribution is 7.89. The molecule has 0 spiro atoms. The summed E-state index contributed by atoms with van der Waals surface area (Å²) in [7, 11) is -0.660. The molecule has 0 radical (unpaired) electrons. The molecule has 0 bridgehead atoms. The van der Waals surface area contributed by atoms with Gasteiger partial charge in [-0.25, -0.2) is 8.42 Å². The van der Waals surface area contributed by atoms with Gasteiger partial charge >= 0.3 is 0 Å². The molecule has 1 heterocycles. The van der Waals surface area contributed by atoms with Gasteiger partial charge in [0.25, 0.3) is 11.8 Å². The zero-order valence-corrected chi connectivity index (χ0v) is 23.0. The standard InChI is InChI=1S/C27H31N3O5S2/c1-17(2)30(3)37(33,34)21-9-7-8-18(16-21)25(31)29-27-24(22-10-5-6-11-23(22)36-27)26(32)28-19-12-14-20(35-4)15-13-19/h7-9,12-17H,5-6,10-11H2,1-4H3,(H,28,32)(H,29,31). The average Bonchev–Trinajstić information content (AvgIpc) is 3.26. The molecular weight excluding hydrogens is 510 g/mol. The predicted molar refractivity (Wildman–Crippen MR) is 146 cm³/mol. The van der Waals surface area contributed by atoms with Gasteiger partial charge in [0, 0.05) is 29.2 Å². The van der Waals surface area contributed by atoms with Crippen LogP contribution >= 0.6 is 11.3 Å². The normalized spacial score (nSPS) is 13.4. The monoisotopic (exact) mass is 541 g/mol. The Morgan fingerprint density at radius 1 is 1.00 bits per heavy atom. The topological polar surface area (TPSA) is 105 Å². The number of benzene rings is 2.